The van der Waals surface area contributed by atoms with Crippen LogP contribution in [0.4, 0.5) is 5.69 Å². The van der Waals surface area contributed by atoms with E-state index in [1.165, 1.54) is 0 Å². The van der Waals surface area contributed by atoms with Crippen LogP contribution in [0.3, 0.4) is 0 Å². The van der Waals surface area contributed by atoms with Gasteiger partial charge in [0.05, 0.1) is 11.6 Å². The lowest BCUT2D eigenvalue weighted by atomic mass is 9.73. The van der Waals surface area contributed by atoms with Crippen molar-refractivity contribution in [1.82, 2.24) is 9.88 Å². The van der Waals surface area contributed by atoms with Gasteiger partial charge < -0.3 is 14.8 Å². The minimum Gasteiger partial charge on any atom is -0.491 e. The molecule has 2 aliphatic rings. The van der Waals surface area contributed by atoms with Crippen LogP contribution in [0.25, 0.3) is 0 Å². The number of aldehydes is 1. The summed E-state index contributed by atoms with van der Waals surface area (Å²) >= 11 is 6.18. The molecule has 1 aromatic heterocycles. The summed E-state index contributed by atoms with van der Waals surface area (Å²) in [6.45, 7) is 4.84. The third-order valence-corrected chi connectivity index (χ3v) is 6.27. The Balaban J connectivity index is 1.33. The van der Waals surface area contributed by atoms with Crippen LogP contribution in [0.15, 0.2) is 30.5 Å². The van der Waals surface area contributed by atoms with Crippen molar-refractivity contribution in [2.45, 2.75) is 31.6 Å². The van der Waals surface area contributed by atoms with Crippen LogP contribution < -0.4 is 10.1 Å². The molecule has 1 fully saturated rings. The first kappa shape index (κ1) is 19.9. The summed E-state index contributed by atoms with van der Waals surface area (Å²) in [6.07, 6.45) is 4.45. The molecule has 0 bridgehead atoms. The fourth-order valence-corrected chi connectivity index (χ4v) is 4.44. The van der Waals surface area contributed by atoms with Gasteiger partial charge in [0.25, 0.3) is 0 Å². The molecule has 7 heteroatoms. The van der Waals surface area contributed by atoms with Gasteiger partial charge in [-0.1, -0.05) is 11.6 Å². The van der Waals surface area contributed by atoms with E-state index in [-0.39, 0.29) is 5.91 Å². The number of piperidine rings is 1. The summed E-state index contributed by atoms with van der Waals surface area (Å²) < 4.78 is 5.84. The number of aromatic nitrogens is 1. The fraction of sp³-hybridized carbons (Fsp3) is 0.409. The van der Waals surface area contributed by atoms with Gasteiger partial charge in [-0.3, -0.25) is 14.7 Å². The van der Waals surface area contributed by atoms with E-state index in [0.29, 0.717) is 23.8 Å². The second kappa shape index (κ2) is 8.13. The number of halogens is 1. The zero-order valence-corrected chi connectivity index (χ0v) is 17.2. The van der Waals surface area contributed by atoms with Crippen LogP contribution in [0, 0.1) is 6.92 Å². The molecular weight excluding hydrogens is 390 g/mol. The van der Waals surface area contributed by atoms with E-state index in [0.717, 1.165) is 61.3 Å². The predicted octanol–water partition coefficient (Wildman–Crippen LogP) is 3.15. The molecule has 152 valence electrons. The van der Waals surface area contributed by atoms with Crippen molar-refractivity contribution in [1.29, 1.82) is 0 Å². The average Bonchev–Trinajstić information content (AvgIpc) is 2.97. The number of aryl methyl sites for hydroxylation is 1. The summed E-state index contributed by atoms with van der Waals surface area (Å²) in [4.78, 5) is 30.1. The van der Waals surface area contributed by atoms with Gasteiger partial charge in [0.1, 0.15) is 18.6 Å². The standard InChI is InChI=1S/C22H24ClN3O3/c1-15-16(4-10-27)12-18(14-24-15)29-11-9-26-7-5-22(6-8-26)19-13-17(23)2-3-20(19)25-21(22)28/h2-3,10,12-14H,4-9,11H2,1H3,(H,25,28). The van der Waals surface area contributed by atoms with E-state index < -0.39 is 5.41 Å². The quantitative estimate of drug-likeness (QED) is 0.736. The van der Waals surface area contributed by atoms with E-state index in [1.807, 2.05) is 31.2 Å². The summed E-state index contributed by atoms with van der Waals surface area (Å²) in [6, 6.07) is 7.51. The molecule has 1 N–H and O–H groups in total. The summed E-state index contributed by atoms with van der Waals surface area (Å²) in [5.74, 6) is 0.763. The molecule has 3 heterocycles. The van der Waals surface area contributed by atoms with Gasteiger partial charge in [0, 0.05) is 29.4 Å². The molecule has 0 saturated carbocycles. The van der Waals surface area contributed by atoms with E-state index in [1.54, 1.807) is 6.20 Å². The molecule has 0 radical (unpaired) electrons. The molecule has 0 unspecified atom stereocenters. The number of amides is 1. The average molecular weight is 414 g/mol. The first-order chi connectivity index (χ1) is 14.0. The number of carbonyl (C=O) groups is 2. The lowest BCUT2D eigenvalue weighted by molar-refractivity contribution is -0.122. The number of ether oxygens (including phenoxy) is 1. The summed E-state index contributed by atoms with van der Waals surface area (Å²) in [5.41, 5.74) is 3.18. The fourth-order valence-electron chi connectivity index (χ4n) is 4.27. The highest BCUT2D eigenvalue weighted by molar-refractivity contribution is 6.31. The Morgan fingerprint density at radius 3 is 2.86 bits per heavy atom. The van der Waals surface area contributed by atoms with Crippen LogP contribution in [0.5, 0.6) is 5.75 Å². The zero-order chi connectivity index (χ0) is 20.4. The number of hydrogen-bond donors (Lipinski definition) is 1. The van der Waals surface area contributed by atoms with Crippen LogP contribution in [-0.2, 0) is 21.4 Å². The van der Waals surface area contributed by atoms with Crippen molar-refractivity contribution in [3.05, 3.63) is 52.3 Å². The van der Waals surface area contributed by atoms with E-state index in [4.69, 9.17) is 16.3 Å². The first-order valence-electron chi connectivity index (χ1n) is 9.88. The third-order valence-electron chi connectivity index (χ3n) is 6.04. The molecular formula is C22H24ClN3O3. The lowest BCUT2D eigenvalue weighted by Crippen LogP contribution is -2.47. The number of likely N-dealkylation sites (tertiary alicyclic amines) is 1. The van der Waals surface area contributed by atoms with Crippen molar-refractivity contribution < 1.29 is 14.3 Å². The molecule has 0 atom stereocenters. The van der Waals surface area contributed by atoms with Crippen molar-refractivity contribution in [3.63, 3.8) is 0 Å². The summed E-state index contributed by atoms with van der Waals surface area (Å²) in [7, 11) is 0. The maximum Gasteiger partial charge on any atom is 0.235 e. The van der Waals surface area contributed by atoms with Crippen LogP contribution in [0.2, 0.25) is 5.02 Å². The maximum atomic E-state index is 12.7. The van der Waals surface area contributed by atoms with E-state index in [2.05, 4.69) is 15.2 Å². The second-order valence-corrected chi connectivity index (χ2v) is 8.14. The van der Waals surface area contributed by atoms with Gasteiger partial charge in [-0.05, 0) is 68.2 Å². The van der Waals surface area contributed by atoms with Crippen molar-refractivity contribution in [2.75, 3.05) is 31.6 Å². The zero-order valence-electron chi connectivity index (χ0n) is 16.4. The molecule has 1 spiro atoms. The number of hydrogen-bond acceptors (Lipinski definition) is 5. The van der Waals surface area contributed by atoms with Gasteiger partial charge in [0.15, 0.2) is 0 Å². The Morgan fingerprint density at radius 2 is 2.10 bits per heavy atom. The second-order valence-electron chi connectivity index (χ2n) is 7.70. The van der Waals surface area contributed by atoms with Gasteiger partial charge >= 0.3 is 0 Å². The van der Waals surface area contributed by atoms with E-state index in [9.17, 15) is 9.59 Å². The van der Waals surface area contributed by atoms with Crippen molar-refractivity contribution in [3.8, 4) is 5.75 Å². The predicted molar refractivity (Wildman–Crippen MR) is 112 cm³/mol. The van der Waals surface area contributed by atoms with Gasteiger partial charge in [-0.2, -0.15) is 0 Å². The molecule has 0 aliphatic carbocycles. The van der Waals surface area contributed by atoms with Gasteiger partial charge in [-0.25, -0.2) is 0 Å². The number of benzene rings is 1. The highest BCUT2D eigenvalue weighted by Gasteiger charge is 2.48. The SMILES string of the molecule is Cc1ncc(OCCN2CCC3(CC2)C(=O)Nc2ccc(Cl)cc23)cc1CC=O. The number of nitrogens with zero attached hydrogens (tertiary/aromatic N) is 2. The third kappa shape index (κ3) is 3.87. The molecule has 1 saturated heterocycles. The topological polar surface area (TPSA) is 71.5 Å². The number of rotatable bonds is 6. The molecule has 29 heavy (non-hydrogen) atoms. The Labute approximate surface area is 175 Å². The van der Waals surface area contributed by atoms with Crippen molar-refractivity contribution >= 4 is 29.5 Å². The highest BCUT2D eigenvalue weighted by Crippen LogP contribution is 2.45. The minimum atomic E-state index is -0.470. The number of carbonyl (C=O) groups excluding carboxylic acids is 2. The van der Waals surface area contributed by atoms with Gasteiger partial charge in [-0.15, -0.1) is 0 Å². The number of pyridine rings is 1. The maximum absolute atomic E-state index is 12.7. The first-order valence-corrected chi connectivity index (χ1v) is 10.3. The largest absolute Gasteiger partial charge is 0.491 e. The Bertz CT molecular complexity index is 939. The van der Waals surface area contributed by atoms with Crippen LogP contribution >= 0.6 is 11.6 Å². The number of fused-ring (bicyclic) bond motifs is 2. The van der Waals surface area contributed by atoms with Crippen LogP contribution in [-0.4, -0.2) is 48.3 Å². The smallest absolute Gasteiger partial charge is 0.235 e. The van der Waals surface area contributed by atoms with Gasteiger partial charge in [0.2, 0.25) is 5.91 Å². The highest BCUT2D eigenvalue weighted by atomic mass is 35.5. The number of anilines is 1. The molecule has 2 aromatic rings. The Hall–Kier alpha value is -2.44. The minimum absolute atomic E-state index is 0.0825. The molecule has 4 rings (SSSR count). The monoisotopic (exact) mass is 413 g/mol. The Morgan fingerprint density at radius 1 is 1.31 bits per heavy atom. The Kier molecular flexibility index (Phi) is 5.56. The summed E-state index contributed by atoms with van der Waals surface area (Å²) in [5, 5.41) is 3.68. The molecule has 6 nitrogen and oxygen atoms in total. The molecule has 2 aliphatic heterocycles. The molecule has 1 amide bonds. The van der Waals surface area contributed by atoms with E-state index >= 15 is 0 Å². The molecule has 1 aromatic carbocycles. The van der Waals surface area contributed by atoms with Crippen molar-refractivity contribution in [2.24, 2.45) is 0 Å². The number of nitrogens with one attached hydrogen (secondary N) is 1. The lowest BCUT2D eigenvalue weighted by Gasteiger charge is -2.37. The van der Waals surface area contributed by atoms with Crippen LogP contribution in [0.1, 0.15) is 29.7 Å². The normalized spacial score (nSPS) is 17.8.